The molecular weight excluding hydrogens is 446 g/mol. The van der Waals surface area contributed by atoms with Gasteiger partial charge in [-0.1, -0.05) is 30.3 Å². The molecule has 1 heterocycles. The van der Waals surface area contributed by atoms with Crippen LogP contribution >= 0.6 is 0 Å². The van der Waals surface area contributed by atoms with Crippen molar-refractivity contribution >= 4 is 23.0 Å². The van der Waals surface area contributed by atoms with E-state index in [0.29, 0.717) is 36.6 Å². The quantitative estimate of drug-likeness (QED) is 0.309. The Morgan fingerprint density at radius 1 is 0.971 bits per heavy atom. The Morgan fingerprint density at radius 3 is 2.54 bits per heavy atom. The molecule has 0 atom stereocenters. The van der Waals surface area contributed by atoms with Crippen LogP contribution in [0, 0.1) is 11.8 Å². The second-order valence-corrected chi connectivity index (χ2v) is 9.44. The number of rotatable bonds is 6. The highest BCUT2D eigenvalue weighted by Gasteiger charge is 2.28. The molecule has 182 valence electrons. The van der Waals surface area contributed by atoms with E-state index in [1.54, 1.807) is 12.1 Å². The third-order valence-corrected chi connectivity index (χ3v) is 7.09. The lowest BCUT2D eigenvalue weighted by molar-refractivity contribution is -0.140. The number of benzene rings is 2. The van der Waals surface area contributed by atoms with E-state index in [4.69, 9.17) is 13.9 Å². The first-order valence-electron chi connectivity index (χ1n) is 12.3. The molecule has 1 amide bonds. The molecule has 7 heteroatoms. The zero-order valence-corrected chi connectivity index (χ0v) is 19.6. The molecule has 0 aliphatic heterocycles. The minimum Gasteiger partial charge on any atom is -0.445 e. The van der Waals surface area contributed by atoms with Gasteiger partial charge in [0.2, 0.25) is 0 Å². The van der Waals surface area contributed by atoms with E-state index in [1.165, 1.54) is 0 Å². The van der Waals surface area contributed by atoms with Gasteiger partial charge in [0.1, 0.15) is 17.9 Å². The molecule has 0 radical (unpaired) electrons. The predicted molar refractivity (Wildman–Crippen MR) is 130 cm³/mol. The highest BCUT2D eigenvalue weighted by molar-refractivity contribution is 5.84. The van der Waals surface area contributed by atoms with Crippen molar-refractivity contribution in [1.82, 2.24) is 5.32 Å². The molecule has 0 spiro atoms. The van der Waals surface area contributed by atoms with Crippen LogP contribution in [-0.2, 0) is 29.0 Å². The highest BCUT2D eigenvalue weighted by atomic mass is 16.5. The fourth-order valence-electron chi connectivity index (χ4n) is 5.13. The Hall–Kier alpha value is -3.61. The summed E-state index contributed by atoms with van der Waals surface area (Å²) < 4.78 is 16.4. The first-order chi connectivity index (χ1) is 17.1. The Kier molecular flexibility index (Phi) is 6.84. The average Bonchev–Trinajstić information content (AvgIpc) is 3.38. The van der Waals surface area contributed by atoms with Gasteiger partial charge in [0, 0.05) is 23.6 Å². The van der Waals surface area contributed by atoms with E-state index in [1.807, 2.05) is 36.4 Å². The molecule has 1 N–H and O–H groups in total. The molecule has 2 aliphatic carbocycles. The lowest BCUT2D eigenvalue weighted by atomic mass is 9.82. The van der Waals surface area contributed by atoms with Crippen LogP contribution in [0.1, 0.15) is 48.8 Å². The van der Waals surface area contributed by atoms with Crippen LogP contribution in [-0.4, -0.2) is 18.6 Å². The summed E-state index contributed by atoms with van der Waals surface area (Å²) in [7, 11) is 0. The number of nitrogens with one attached hydrogen (secondary N) is 1. The van der Waals surface area contributed by atoms with Crippen molar-refractivity contribution < 1.29 is 23.5 Å². The topological polar surface area (TPSA) is 94.8 Å². The molecule has 5 rings (SSSR count). The number of esters is 1. The number of aryl methyl sites for hydroxylation is 1. The van der Waals surface area contributed by atoms with E-state index in [0.717, 1.165) is 54.2 Å². The number of hydrogen-bond donors (Lipinski definition) is 1. The molecule has 0 bridgehead atoms. The molecule has 1 saturated carbocycles. The van der Waals surface area contributed by atoms with Gasteiger partial charge in [-0.2, -0.15) is 0 Å². The smallest absolute Gasteiger partial charge is 0.407 e. The number of carbonyl (C=O) groups is 2. The average molecular weight is 476 g/mol. The van der Waals surface area contributed by atoms with Crippen molar-refractivity contribution in [2.75, 3.05) is 6.54 Å². The Balaban J connectivity index is 1.09. The lowest BCUT2D eigenvalue weighted by Gasteiger charge is -2.27. The fourth-order valence-corrected chi connectivity index (χ4v) is 5.13. The van der Waals surface area contributed by atoms with Crippen LogP contribution in [0.3, 0.4) is 0 Å². The maximum atomic E-state index is 12.7. The van der Waals surface area contributed by atoms with Crippen LogP contribution in [0.15, 0.2) is 57.7 Å². The van der Waals surface area contributed by atoms with E-state index in [9.17, 15) is 14.4 Å². The van der Waals surface area contributed by atoms with Crippen molar-refractivity contribution in [3.05, 3.63) is 75.6 Å². The third-order valence-electron chi connectivity index (χ3n) is 7.09. The van der Waals surface area contributed by atoms with Gasteiger partial charge in [-0.25, -0.2) is 9.59 Å². The minimum atomic E-state index is -0.427. The summed E-state index contributed by atoms with van der Waals surface area (Å²) in [6.45, 7) is 0.773. The molecule has 2 aliphatic rings. The van der Waals surface area contributed by atoms with Crippen molar-refractivity contribution in [2.45, 2.75) is 51.6 Å². The van der Waals surface area contributed by atoms with Crippen molar-refractivity contribution in [3.8, 4) is 5.75 Å². The highest BCUT2D eigenvalue weighted by Crippen LogP contribution is 2.32. The number of alkyl carbamates (subject to hydrolysis) is 1. The number of carbonyl (C=O) groups excluding carboxylic acids is 2. The molecular formula is C28H29NO6. The molecule has 0 saturated heterocycles. The van der Waals surface area contributed by atoms with Crippen LogP contribution < -0.4 is 15.7 Å². The number of amides is 1. The predicted octanol–water partition coefficient (Wildman–Crippen LogP) is 4.92. The standard InChI is InChI=1S/C28H29NO6/c30-26(34-21-13-14-23-22-7-4-8-24(22)27(31)35-25(23)15-21)20-11-9-18(10-12-20)16-29-28(32)33-17-19-5-2-1-3-6-19/h1-3,5-6,13-15,18,20H,4,7-12,16-17H2,(H,29,32). The monoisotopic (exact) mass is 475 g/mol. The van der Waals surface area contributed by atoms with E-state index in [2.05, 4.69) is 5.32 Å². The largest absolute Gasteiger partial charge is 0.445 e. The summed E-state index contributed by atoms with van der Waals surface area (Å²) in [5.74, 6) is 0.259. The SMILES string of the molecule is O=C(NCC1CCC(C(=O)Oc2ccc3c4c(c(=O)oc3c2)CCC4)CC1)OCc1ccccc1. The van der Waals surface area contributed by atoms with Crippen molar-refractivity contribution in [3.63, 3.8) is 0 Å². The lowest BCUT2D eigenvalue weighted by Crippen LogP contribution is -2.33. The van der Waals surface area contributed by atoms with Gasteiger partial charge >= 0.3 is 17.7 Å². The number of fused-ring (bicyclic) bond motifs is 3. The second kappa shape index (κ2) is 10.3. The first kappa shape index (κ1) is 23.1. The molecule has 3 aromatic rings. The summed E-state index contributed by atoms with van der Waals surface area (Å²) >= 11 is 0. The van der Waals surface area contributed by atoms with Crippen LogP contribution in [0.5, 0.6) is 5.75 Å². The summed E-state index contributed by atoms with van der Waals surface area (Å²) in [5, 5.41) is 3.76. The maximum absolute atomic E-state index is 12.7. The fraction of sp³-hybridized carbons (Fsp3) is 0.393. The first-order valence-corrected chi connectivity index (χ1v) is 12.3. The number of hydrogen-bond acceptors (Lipinski definition) is 6. The summed E-state index contributed by atoms with van der Waals surface area (Å²) in [5.41, 5.74) is 2.96. The van der Waals surface area contributed by atoms with Gasteiger partial charge in [0.25, 0.3) is 0 Å². The van der Waals surface area contributed by atoms with E-state index in [-0.39, 0.29) is 24.1 Å². The normalized spacial score (nSPS) is 19.2. The van der Waals surface area contributed by atoms with Gasteiger partial charge in [-0.3, -0.25) is 4.79 Å². The molecule has 0 unspecified atom stereocenters. The van der Waals surface area contributed by atoms with Gasteiger partial charge < -0.3 is 19.2 Å². The van der Waals surface area contributed by atoms with Crippen molar-refractivity contribution in [2.24, 2.45) is 11.8 Å². The van der Waals surface area contributed by atoms with Crippen molar-refractivity contribution in [1.29, 1.82) is 0 Å². The Bertz CT molecular complexity index is 1270. The minimum absolute atomic E-state index is 0.181. The third kappa shape index (κ3) is 5.39. The Labute approximate surface area is 203 Å². The Morgan fingerprint density at radius 2 is 1.74 bits per heavy atom. The van der Waals surface area contributed by atoms with E-state index >= 15 is 0 Å². The van der Waals surface area contributed by atoms with Crippen LogP contribution in [0.4, 0.5) is 4.79 Å². The van der Waals surface area contributed by atoms with E-state index < -0.39 is 6.09 Å². The maximum Gasteiger partial charge on any atom is 0.407 e. The number of ether oxygens (including phenoxy) is 2. The van der Waals surface area contributed by atoms with Gasteiger partial charge in [-0.15, -0.1) is 0 Å². The van der Waals surface area contributed by atoms with Gasteiger partial charge in [-0.05, 0) is 74.1 Å². The second-order valence-electron chi connectivity index (χ2n) is 9.44. The molecule has 7 nitrogen and oxygen atoms in total. The molecule has 1 aromatic heterocycles. The van der Waals surface area contributed by atoms with Gasteiger partial charge in [0.05, 0.1) is 5.92 Å². The summed E-state index contributed by atoms with van der Waals surface area (Å²) in [6, 6.07) is 14.8. The van der Waals surface area contributed by atoms with Crippen LogP contribution in [0.25, 0.3) is 11.0 Å². The zero-order chi connectivity index (χ0) is 24.2. The molecule has 2 aromatic carbocycles. The summed E-state index contributed by atoms with van der Waals surface area (Å²) in [6.07, 6.45) is 5.25. The van der Waals surface area contributed by atoms with Gasteiger partial charge in [0.15, 0.2) is 0 Å². The van der Waals surface area contributed by atoms with Crippen LogP contribution in [0.2, 0.25) is 0 Å². The summed E-state index contributed by atoms with van der Waals surface area (Å²) in [4.78, 5) is 36.9. The molecule has 35 heavy (non-hydrogen) atoms. The zero-order valence-electron chi connectivity index (χ0n) is 19.6. The molecule has 1 fully saturated rings.